The van der Waals surface area contributed by atoms with Gasteiger partial charge in [-0.05, 0) is 42.5 Å². The van der Waals surface area contributed by atoms with Crippen molar-refractivity contribution in [2.24, 2.45) is 0 Å². The predicted molar refractivity (Wildman–Crippen MR) is 100 cm³/mol. The zero-order chi connectivity index (χ0) is 19.4. The number of ketones is 1. The van der Waals surface area contributed by atoms with Crippen LogP contribution in [0.1, 0.15) is 21.5 Å². The van der Waals surface area contributed by atoms with Gasteiger partial charge in [0.2, 0.25) is 0 Å². The summed E-state index contributed by atoms with van der Waals surface area (Å²) in [7, 11) is -4.12. The summed E-state index contributed by atoms with van der Waals surface area (Å²) in [6, 6.07) is 20.1. The first-order valence-corrected chi connectivity index (χ1v) is 9.53. The molecule has 134 valence electrons. The molecular weight excluding hydrogens is 386 g/mol. The molecule has 0 aliphatic heterocycles. The van der Waals surface area contributed by atoms with Crippen LogP contribution < -0.4 is 4.18 Å². The van der Waals surface area contributed by atoms with Gasteiger partial charge in [0.15, 0.2) is 5.78 Å². The molecular formula is C20H12ClNO4S. The fourth-order valence-electron chi connectivity index (χ4n) is 2.33. The fourth-order valence-corrected chi connectivity index (χ4v) is 3.58. The first kappa shape index (κ1) is 18.6. The molecule has 0 atom stereocenters. The third-order valence-corrected chi connectivity index (χ3v) is 5.26. The summed E-state index contributed by atoms with van der Waals surface area (Å²) in [5.74, 6) is -0.121. The molecule has 0 fully saturated rings. The summed E-state index contributed by atoms with van der Waals surface area (Å²) in [5.41, 5.74) is 1.11. The second-order valence-electron chi connectivity index (χ2n) is 5.51. The molecule has 0 aliphatic carbocycles. The van der Waals surface area contributed by atoms with Crippen molar-refractivity contribution in [2.45, 2.75) is 4.90 Å². The lowest BCUT2D eigenvalue weighted by Gasteiger charge is -2.08. The smallest absolute Gasteiger partial charge is 0.339 e. The Bertz CT molecular complexity index is 1130. The maximum absolute atomic E-state index is 12.4. The Morgan fingerprint density at radius 2 is 1.56 bits per heavy atom. The van der Waals surface area contributed by atoms with Gasteiger partial charge in [-0.15, -0.1) is 0 Å². The van der Waals surface area contributed by atoms with Gasteiger partial charge in [0.25, 0.3) is 0 Å². The van der Waals surface area contributed by atoms with E-state index < -0.39 is 10.1 Å². The minimum absolute atomic E-state index is 0.0194. The SMILES string of the molecule is N#Cc1ccc(S(=O)(=O)Oc2ccc(C(=O)c3ccccc3)cc2)cc1Cl. The molecule has 0 aromatic heterocycles. The van der Waals surface area contributed by atoms with Gasteiger partial charge in [-0.1, -0.05) is 41.9 Å². The summed E-state index contributed by atoms with van der Waals surface area (Å²) in [6.45, 7) is 0. The number of halogens is 1. The lowest BCUT2D eigenvalue weighted by Crippen LogP contribution is -2.10. The lowest BCUT2D eigenvalue weighted by molar-refractivity contribution is 0.103. The van der Waals surface area contributed by atoms with Crippen molar-refractivity contribution in [3.8, 4) is 11.8 Å². The van der Waals surface area contributed by atoms with Gasteiger partial charge in [-0.3, -0.25) is 4.79 Å². The van der Waals surface area contributed by atoms with E-state index in [-0.39, 0.29) is 27.0 Å². The first-order chi connectivity index (χ1) is 12.9. The number of rotatable bonds is 5. The maximum atomic E-state index is 12.4. The Kier molecular flexibility index (Phi) is 5.26. The topological polar surface area (TPSA) is 84.2 Å². The van der Waals surface area contributed by atoms with E-state index in [0.717, 1.165) is 6.07 Å². The normalized spacial score (nSPS) is 10.8. The van der Waals surface area contributed by atoms with Gasteiger partial charge in [-0.2, -0.15) is 13.7 Å². The average Bonchev–Trinajstić information content (AvgIpc) is 2.68. The highest BCUT2D eigenvalue weighted by molar-refractivity contribution is 7.87. The molecule has 3 rings (SSSR count). The van der Waals surface area contributed by atoms with E-state index in [1.165, 1.54) is 36.4 Å². The number of hydrogen-bond acceptors (Lipinski definition) is 5. The molecule has 5 nitrogen and oxygen atoms in total. The van der Waals surface area contributed by atoms with Crippen LogP contribution in [-0.2, 0) is 10.1 Å². The zero-order valence-electron chi connectivity index (χ0n) is 13.8. The summed E-state index contributed by atoms with van der Waals surface area (Å²) < 4.78 is 29.8. The van der Waals surface area contributed by atoms with Crippen molar-refractivity contribution in [3.63, 3.8) is 0 Å². The molecule has 27 heavy (non-hydrogen) atoms. The van der Waals surface area contributed by atoms with E-state index >= 15 is 0 Å². The second-order valence-corrected chi connectivity index (χ2v) is 7.46. The van der Waals surface area contributed by atoms with E-state index in [4.69, 9.17) is 21.0 Å². The van der Waals surface area contributed by atoms with Crippen LogP contribution in [0.3, 0.4) is 0 Å². The highest BCUT2D eigenvalue weighted by Gasteiger charge is 2.19. The Balaban J connectivity index is 1.81. The lowest BCUT2D eigenvalue weighted by atomic mass is 10.0. The van der Waals surface area contributed by atoms with Gasteiger partial charge in [-0.25, -0.2) is 0 Å². The Hall–Kier alpha value is -3.14. The van der Waals surface area contributed by atoms with Crippen LogP contribution in [0.2, 0.25) is 5.02 Å². The Morgan fingerprint density at radius 3 is 2.15 bits per heavy atom. The molecule has 0 aliphatic rings. The van der Waals surface area contributed by atoms with Crippen LogP contribution >= 0.6 is 11.6 Å². The number of carbonyl (C=O) groups is 1. The molecule has 0 saturated heterocycles. The number of nitriles is 1. The van der Waals surface area contributed by atoms with E-state index in [0.29, 0.717) is 11.1 Å². The van der Waals surface area contributed by atoms with Crippen LogP contribution in [0.5, 0.6) is 5.75 Å². The monoisotopic (exact) mass is 397 g/mol. The van der Waals surface area contributed by atoms with Gasteiger partial charge < -0.3 is 4.18 Å². The van der Waals surface area contributed by atoms with Crippen molar-refractivity contribution in [2.75, 3.05) is 0 Å². The van der Waals surface area contributed by atoms with Gasteiger partial charge in [0.1, 0.15) is 16.7 Å². The van der Waals surface area contributed by atoms with Crippen molar-refractivity contribution in [1.82, 2.24) is 0 Å². The predicted octanol–water partition coefficient (Wildman–Crippen LogP) is 4.21. The van der Waals surface area contributed by atoms with Gasteiger partial charge in [0.05, 0.1) is 10.6 Å². The largest absolute Gasteiger partial charge is 0.379 e. The summed E-state index contributed by atoms with van der Waals surface area (Å²) in [6.07, 6.45) is 0. The van der Waals surface area contributed by atoms with Crippen LogP contribution in [0.25, 0.3) is 0 Å². The Morgan fingerprint density at radius 1 is 0.926 bits per heavy atom. The molecule has 0 radical (unpaired) electrons. The number of carbonyl (C=O) groups excluding carboxylic acids is 1. The minimum atomic E-state index is -4.12. The second kappa shape index (κ2) is 7.62. The van der Waals surface area contributed by atoms with Crippen LogP contribution in [0.15, 0.2) is 77.7 Å². The summed E-state index contributed by atoms with van der Waals surface area (Å²) >= 11 is 5.87. The highest BCUT2D eigenvalue weighted by atomic mass is 35.5. The summed E-state index contributed by atoms with van der Waals surface area (Å²) in [4.78, 5) is 12.2. The molecule has 0 amide bonds. The fraction of sp³-hybridized carbons (Fsp3) is 0. The number of nitrogens with zero attached hydrogens (tertiary/aromatic N) is 1. The average molecular weight is 398 g/mol. The summed E-state index contributed by atoms with van der Waals surface area (Å²) in [5, 5.41) is 8.88. The van der Waals surface area contributed by atoms with E-state index in [1.54, 1.807) is 24.3 Å². The van der Waals surface area contributed by atoms with E-state index in [2.05, 4.69) is 0 Å². The maximum Gasteiger partial charge on any atom is 0.339 e. The minimum Gasteiger partial charge on any atom is -0.379 e. The number of benzene rings is 3. The third kappa shape index (κ3) is 4.17. The van der Waals surface area contributed by atoms with Crippen molar-refractivity contribution in [3.05, 3.63) is 94.5 Å². The molecule has 3 aromatic rings. The van der Waals surface area contributed by atoms with Crippen LogP contribution in [-0.4, -0.2) is 14.2 Å². The molecule has 0 spiro atoms. The number of hydrogen-bond donors (Lipinski definition) is 0. The quantitative estimate of drug-likeness (QED) is 0.475. The molecule has 7 heteroatoms. The first-order valence-electron chi connectivity index (χ1n) is 7.75. The van der Waals surface area contributed by atoms with Crippen molar-refractivity contribution >= 4 is 27.5 Å². The van der Waals surface area contributed by atoms with Gasteiger partial charge in [0, 0.05) is 11.1 Å². The molecule has 0 saturated carbocycles. The molecule has 0 heterocycles. The van der Waals surface area contributed by atoms with Crippen molar-refractivity contribution in [1.29, 1.82) is 5.26 Å². The standard InChI is InChI=1S/C20H12ClNO4S/c21-19-12-18(11-8-16(19)13-22)27(24,25)26-17-9-6-15(7-10-17)20(23)14-4-2-1-3-5-14/h1-12H. The zero-order valence-corrected chi connectivity index (χ0v) is 15.4. The van der Waals surface area contributed by atoms with Crippen LogP contribution in [0.4, 0.5) is 0 Å². The van der Waals surface area contributed by atoms with Crippen molar-refractivity contribution < 1.29 is 17.4 Å². The van der Waals surface area contributed by atoms with E-state index in [1.807, 2.05) is 12.1 Å². The third-order valence-electron chi connectivity index (χ3n) is 3.71. The molecule has 0 bridgehead atoms. The Labute approximate surface area is 161 Å². The van der Waals surface area contributed by atoms with E-state index in [9.17, 15) is 13.2 Å². The van der Waals surface area contributed by atoms with Crippen LogP contribution in [0, 0.1) is 11.3 Å². The molecule has 3 aromatic carbocycles. The molecule has 0 unspecified atom stereocenters. The van der Waals surface area contributed by atoms with Gasteiger partial charge >= 0.3 is 10.1 Å². The highest BCUT2D eigenvalue weighted by Crippen LogP contribution is 2.24. The molecule has 0 N–H and O–H groups in total.